The molecule has 1 aromatic heterocycles. The first kappa shape index (κ1) is 20.2. The molecule has 1 amide bonds. The van der Waals surface area contributed by atoms with Crippen LogP contribution in [0.15, 0.2) is 41.6 Å². The zero-order chi connectivity index (χ0) is 20.1. The van der Waals surface area contributed by atoms with Crippen LogP contribution in [0, 0.1) is 5.92 Å². The molecule has 148 valence electrons. The van der Waals surface area contributed by atoms with E-state index < -0.39 is 0 Å². The van der Waals surface area contributed by atoms with Crippen LogP contribution in [0.4, 0.5) is 0 Å². The van der Waals surface area contributed by atoms with E-state index >= 15 is 0 Å². The Bertz CT molecular complexity index is 968. The average molecular weight is 399 g/mol. The summed E-state index contributed by atoms with van der Waals surface area (Å²) in [5, 5.41) is 24.4. The lowest BCUT2D eigenvalue weighted by Crippen LogP contribution is -2.25. The third kappa shape index (κ3) is 4.65. The number of nitrogens with one attached hydrogen (secondary N) is 1. The monoisotopic (exact) mass is 398 g/mol. The molecule has 0 bridgehead atoms. The minimum atomic E-state index is -0.267. The molecule has 0 spiro atoms. The molecule has 3 rings (SSSR count). The Kier molecular flexibility index (Phi) is 6.57. The molecular weight excluding hydrogens is 372 g/mol. The van der Waals surface area contributed by atoms with Crippen LogP contribution in [0.2, 0.25) is 0 Å². The van der Waals surface area contributed by atoms with Gasteiger partial charge in [0.1, 0.15) is 11.6 Å². The van der Waals surface area contributed by atoms with Crippen molar-refractivity contribution in [1.82, 2.24) is 20.1 Å². The van der Waals surface area contributed by atoms with E-state index in [2.05, 4.69) is 33.9 Å². The maximum absolute atomic E-state index is 12.5. The highest BCUT2D eigenvalue weighted by Gasteiger charge is 2.14. The number of phenols is 1. The normalized spacial score (nSPS) is 11.3. The van der Waals surface area contributed by atoms with E-state index in [1.807, 2.05) is 30.5 Å². The van der Waals surface area contributed by atoms with Gasteiger partial charge in [0.05, 0.1) is 5.56 Å². The van der Waals surface area contributed by atoms with Gasteiger partial charge in [0.25, 0.3) is 5.91 Å². The van der Waals surface area contributed by atoms with Crippen LogP contribution in [0.25, 0.3) is 10.8 Å². The van der Waals surface area contributed by atoms with Gasteiger partial charge in [0, 0.05) is 19.5 Å². The summed E-state index contributed by atoms with van der Waals surface area (Å²) in [6, 6.07) is 11.0. The Morgan fingerprint density at radius 3 is 2.61 bits per heavy atom. The smallest absolute Gasteiger partial charge is 0.255 e. The van der Waals surface area contributed by atoms with E-state index in [1.165, 1.54) is 0 Å². The summed E-state index contributed by atoms with van der Waals surface area (Å²) in [7, 11) is 0. The van der Waals surface area contributed by atoms with Gasteiger partial charge in [-0.2, -0.15) is 0 Å². The highest BCUT2D eigenvalue weighted by Crippen LogP contribution is 2.25. The highest BCUT2D eigenvalue weighted by atomic mass is 32.2. The number of aromatic hydroxyl groups is 1. The fourth-order valence-electron chi connectivity index (χ4n) is 3.16. The third-order valence-corrected chi connectivity index (χ3v) is 5.16. The Labute approximate surface area is 169 Å². The first-order valence-electron chi connectivity index (χ1n) is 9.45. The molecule has 0 saturated carbocycles. The van der Waals surface area contributed by atoms with Crippen molar-refractivity contribution in [2.45, 2.75) is 38.4 Å². The number of hydrogen-bond acceptors (Lipinski definition) is 5. The summed E-state index contributed by atoms with van der Waals surface area (Å²) in [5.74, 6) is 1.19. The first-order chi connectivity index (χ1) is 13.5. The maximum atomic E-state index is 12.5. The molecule has 2 N–H and O–H groups in total. The fourth-order valence-corrected chi connectivity index (χ4v) is 3.68. The van der Waals surface area contributed by atoms with Gasteiger partial charge in [-0.15, -0.1) is 10.2 Å². The summed E-state index contributed by atoms with van der Waals surface area (Å²) >= 11 is 1.59. The molecule has 2 aromatic carbocycles. The second kappa shape index (κ2) is 9.10. The van der Waals surface area contributed by atoms with Gasteiger partial charge in [0.15, 0.2) is 5.16 Å². The second-order valence-corrected chi connectivity index (χ2v) is 7.96. The predicted octanol–water partition coefficient (Wildman–Crippen LogP) is 3.88. The molecule has 0 aliphatic heterocycles. The molecule has 0 unspecified atom stereocenters. The van der Waals surface area contributed by atoms with Gasteiger partial charge < -0.3 is 15.0 Å². The van der Waals surface area contributed by atoms with Crippen molar-refractivity contribution >= 4 is 28.4 Å². The number of carbonyl (C=O) groups excluding carboxylic acids is 1. The number of rotatable bonds is 8. The van der Waals surface area contributed by atoms with E-state index in [-0.39, 0.29) is 11.7 Å². The summed E-state index contributed by atoms with van der Waals surface area (Å²) in [6.45, 7) is 5.73. The van der Waals surface area contributed by atoms with Crippen LogP contribution in [-0.2, 0) is 13.0 Å². The van der Waals surface area contributed by atoms with Gasteiger partial charge in [-0.3, -0.25) is 4.79 Å². The Morgan fingerprint density at radius 1 is 1.21 bits per heavy atom. The molecule has 3 aromatic rings. The van der Waals surface area contributed by atoms with Gasteiger partial charge in [0.2, 0.25) is 0 Å². The van der Waals surface area contributed by atoms with Crippen molar-refractivity contribution in [3.63, 3.8) is 0 Å². The van der Waals surface area contributed by atoms with E-state index in [1.54, 1.807) is 23.9 Å². The number of phenolic OH excluding ortho intramolecular Hbond substituents is 1. The Morgan fingerprint density at radius 2 is 1.93 bits per heavy atom. The second-order valence-electron chi connectivity index (χ2n) is 7.18. The fraction of sp³-hybridized carbons (Fsp3) is 0.381. The number of fused-ring (bicyclic) bond motifs is 1. The molecule has 0 fully saturated rings. The SMILES string of the molecule is CSc1nnc(CCCNC(=O)c2cc3ccccc3cc2O)n1CC(C)C. The van der Waals surface area contributed by atoms with Gasteiger partial charge in [-0.1, -0.05) is 49.9 Å². The van der Waals surface area contributed by atoms with Crippen LogP contribution in [-0.4, -0.2) is 38.6 Å². The molecule has 0 atom stereocenters. The van der Waals surface area contributed by atoms with Crippen LogP contribution in [0.1, 0.15) is 36.5 Å². The summed E-state index contributed by atoms with van der Waals surface area (Å²) in [5.41, 5.74) is 0.298. The number of hydrogen-bond donors (Lipinski definition) is 2. The summed E-state index contributed by atoms with van der Waals surface area (Å²) in [4.78, 5) is 12.5. The number of benzene rings is 2. The molecule has 0 aliphatic carbocycles. The Hall–Kier alpha value is -2.54. The van der Waals surface area contributed by atoms with Crippen molar-refractivity contribution in [3.8, 4) is 5.75 Å². The molecule has 0 saturated heterocycles. The lowest BCUT2D eigenvalue weighted by molar-refractivity contribution is 0.0950. The molecule has 0 aliphatic rings. The number of amides is 1. The minimum absolute atomic E-state index is 0.00233. The number of thioether (sulfide) groups is 1. The Balaban J connectivity index is 1.59. The van der Waals surface area contributed by atoms with Crippen molar-refractivity contribution in [3.05, 3.63) is 47.8 Å². The van der Waals surface area contributed by atoms with Crippen LogP contribution >= 0.6 is 11.8 Å². The van der Waals surface area contributed by atoms with Crippen molar-refractivity contribution in [1.29, 1.82) is 0 Å². The number of nitrogens with zero attached hydrogens (tertiary/aromatic N) is 3. The van der Waals surface area contributed by atoms with Crippen molar-refractivity contribution < 1.29 is 9.90 Å². The highest BCUT2D eigenvalue weighted by molar-refractivity contribution is 7.98. The summed E-state index contributed by atoms with van der Waals surface area (Å²) < 4.78 is 2.16. The van der Waals surface area contributed by atoms with Gasteiger partial charge in [-0.25, -0.2) is 0 Å². The minimum Gasteiger partial charge on any atom is -0.507 e. The number of carbonyl (C=O) groups is 1. The first-order valence-corrected chi connectivity index (χ1v) is 10.7. The zero-order valence-electron chi connectivity index (χ0n) is 16.5. The molecule has 6 nitrogen and oxygen atoms in total. The van der Waals surface area contributed by atoms with Crippen LogP contribution < -0.4 is 5.32 Å². The molecule has 7 heteroatoms. The average Bonchev–Trinajstić information content (AvgIpc) is 3.05. The molecular formula is C21H26N4O2S. The lowest BCUT2D eigenvalue weighted by atomic mass is 10.1. The standard InChI is InChI=1S/C21H26N4O2S/c1-14(2)13-25-19(23-24-21(25)28-3)9-6-10-22-20(27)17-11-15-7-4-5-8-16(15)12-18(17)26/h4-5,7-8,11-12,14,26H,6,9-10,13H2,1-3H3,(H,22,27). The molecule has 1 heterocycles. The zero-order valence-corrected chi connectivity index (χ0v) is 17.3. The number of aromatic nitrogens is 3. The van der Waals surface area contributed by atoms with E-state index in [0.29, 0.717) is 18.0 Å². The number of aryl methyl sites for hydroxylation is 1. The van der Waals surface area contributed by atoms with Crippen molar-refractivity contribution in [2.75, 3.05) is 12.8 Å². The summed E-state index contributed by atoms with van der Waals surface area (Å²) in [6.07, 6.45) is 3.50. The maximum Gasteiger partial charge on any atom is 0.255 e. The van der Waals surface area contributed by atoms with E-state index in [4.69, 9.17) is 0 Å². The lowest BCUT2D eigenvalue weighted by Gasteiger charge is -2.12. The predicted molar refractivity (Wildman–Crippen MR) is 113 cm³/mol. The van der Waals surface area contributed by atoms with Gasteiger partial charge >= 0.3 is 0 Å². The molecule has 0 radical (unpaired) electrons. The van der Waals surface area contributed by atoms with Crippen molar-refractivity contribution in [2.24, 2.45) is 5.92 Å². The largest absolute Gasteiger partial charge is 0.507 e. The topological polar surface area (TPSA) is 80.0 Å². The van der Waals surface area contributed by atoms with E-state index in [9.17, 15) is 9.90 Å². The molecule has 28 heavy (non-hydrogen) atoms. The van der Waals surface area contributed by atoms with Gasteiger partial charge in [-0.05, 0) is 41.5 Å². The third-order valence-electron chi connectivity index (χ3n) is 4.50. The quantitative estimate of drug-likeness (QED) is 0.445. The van der Waals surface area contributed by atoms with Crippen LogP contribution in [0.3, 0.4) is 0 Å². The van der Waals surface area contributed by atoms with Crippen LogP contribution in [0.5, 0.6) is 5.75 Å². The van der Waals surface area contributed by atoms with E-state index in [0.717, 1.165) is 41.1 Å².